The standard InChI is InChI=1S/C15H15FN2O2/c1-9-6-12(7-13(14(9)17)15(19)20)18-8-10-2-4-11(16)5-3-10/h2-7,18H,8,17H2,1H3,(H,19,20). The maximum absolute atomic E-state index is 12.8. The molecule has 0 aliphatic carbocycles. The van der Waals surface area contributed by atoms with E-state index in [-0.39, 0.29) is 17.1 Å². The summed E-state index contributed by atoms with van der Waals surface area (Å²) in [5.74, 6) is -1.35. The van der Waals surface area contributed by atoms with Gasteiger partial charge >= 0.3 is 5.97 Å². The summed E-state index contributed by atoms with van der Waals surface area (Å²) in [5.41, 5.74) is 8.34. The van der Waals surface area contributed by atoms with E-state index in [1.165, 1.54) is 18.2 Å². The third-order valence-electron chi connectivity index (χ3n) is 3.03. The molecule has 0 radical (unpaired) electrons. The lowest BCUT2D eigenvalue weighted by Crippen LogP contribution is -2.07. The first-order chi connectivity index (χ1) is 9.47. The minimum absolute atomic E-state index is 0.0756. The van der Waals surface area contributed by atoms with E-state index in [1.807, 2.05) is 0 Å². The van der Waals surface area contributed by atoms with Crippen LogP contribution in [0.2, 0.25) is 0 Å². The maximum Gasteiger partial charge on any atom is 0.337 e. The van der Waals surface area contributed by atoms with Gasteiger partial charge in [0, 0.05) is 17.9 Å². The smallest absolute Gasteiger partial charge is 0.337 e. The second kappa shape index (κ2) is 5.61. The van der Waals surface area contributed by atoms with Crippen molar-refractivity contribution >= 4 is 17.3 Å². The van der Waals surface area contributed by atoms with Crippen molar-refractivity contribution in [3.05, 3.63) is 58.9 Å². The highest BCUT2D eigenvalue weighted by Crippen LogP contribution is 2.23. The molecule has 0 atom stereocenters. The summed E-state index contributed by atoms with van der Waals surface area (Å²) in [7, 11) is 0. The maximum atomic E-state index is 12.8. The molecule has 0 aromatic heterocycles. The zero-order valence-electron chi connectivity index (χ0n) is 11.0. The molecular formula is C15H15FN2O2. The number of aryl methyl sites for hydroxylation is 1. The molecule has 2 aromatic carbocycles. The quantitative estimate of drug-likeness (QED) is 0.749. The zero-order valence-corrected chi connectivity index (χ0v) is 11.0. The van der Waals surface area contributed by atoms with Crippen LogP contribution >= 0.6 is 0 Å². The number of aromatic carboxylic acids is 1. The molecule has 2 rings (SSSR count). The first kappa shape index (κ1) is 13.9. The van der Waals surface area contributed by atoms with Crippen molar-refractivity contribution in [2.24, 2.45) is 0 Å². The average Bonchev–Trinajstić information content (AvgIpc) is 2.41. The summed E-state index contributed by atoms with van der Waals surface area (Å²) in [5, 5.41) is 12.2. The van der Waals surface area contributed by atoms with Gasteiger partial charge in [-0.1, -0.05) is 12.1 Å². The van der Waals surface area contributed by atoms with Crippen molar-refractivity contribution in [1.82, 2.24) is 0 Å². The molecule has 0 aliphatic rings. The molecule has 20 heavy (non-hydrogen) atoms. The summed E-state index contributed by atoms with van der Waals surface area (Å²) >= 11 is 0. The van der Waals surface area contributed by atoms with Crippen molar-refractivity contribution in [3.63, 3.8) is 0 Å². The molecule has 0 aliphatic heterocycles. The Balaban J connectivity index is 2.17. The van der Waals surface area contributed by atoms with Gasteiger partial charge in [-0.3, -0.25) is 0 Å². The van der Waals surface area contributed by atoms with Crippen molar-refractivity contribution in [3.8, 4) is 0 Å². The average molecular weight is 274 g/mol. The fourth-order valence-corrected chi connectivity index (χ4v) is 1.88. The van der Waals surface area contributed by atoms with Gasteiger partial charge in [-0.05, 0) is 42.3 Å². The number of benzene rings is 2. The van der Waals surface area contributed by atoms with Gasteiger partial charge in [-0.15, -0.1) is 0 Å². The Morgan fingerprint density at radius 3 is 2.55 bits per heavy atom. The number of nitrogen functional groups attached to an aromatic ring is 1. The molecule has 0 bridgehead atoms. The summed E-state index contributed by atoms with van der Waals surface area (Å²) in [6.07, 6.45) is 0. The number of nitrogens with two attached hydrogens (primary N) is 1. The molecule has 0 spiro atoms. The molecule has 0 amide bonds. The molecule has 4 nitrogen and oxygen atoms in total. The second-order valence-electron chi connectivity index (χ2n) is 4.54. The van der Waals surface area contributed by atoms with Crippen LogP contribution in [0, 0.1) is 12.7 Å². The lowest BCUT2D eigenvalue weighted by Gasteiger charge is -2.11. The van der Waals surface area contributed by atoms with Crippen molar-refractivity contribution < 1.29 is 14.3 Å². The number of carboxylic acid groups (broad SMARTS) is 1. The van der Waals surface area contributed by atoms with Crippen LogP contribution in [0.3, 0.4) is 0 Å². The highest BCUT2D eigenvalue weighted by atomic mass is 19.1. The zero-order chi connectivity index (χ0) is 14.7. The Morgan fingerprint density at radius 2 is 1.95 bits per heavy atom. The number of anilines is 2. The SMILES string of the molecule is Cc1cc(NCc2ccc(F)cc2)cc(C(=O)O)c1N. The van der Waals surface area contributed by atoms with Crippen LogP contribution in [0.4, 0.5) is 15.8 Å². The van der Waals surface area contributed by atoms with E-state index in [0.29, 0.717) is 17.8 Å². The molecule has 5 heteroatoms. The monoisotopic (exact) mass is 274 g/mol. The number of halogens is 1. The third-order valence-corrected chi connectivity index (χ3v) is 3.03. The van der Waals surface area contributed by atoms with Gasteiger partial charge in [-0.2, -0.15) is 0 Å². The van der Waals surface area contributed by atoms with E-state index in [4.69, 9.17) is 10.8 Å². The molecule has 0 unspecified atom stereocenters. The summed E-state index contributed by atoms with van der Waals surface area (Å²) in [6.45, 7) is 2.23. The van der Waals surface area contributed by atoms with E-state index < -0.39 is 5.97 Å². The lowest BCUT2D eigenvalue weighted by atomic mass is 10.1. The number of nitrogens with one attached hydrogen (secondary N) is 1. The Hall–Kier alpha value is -2.56. The van der Waals surface area contributed by atoms with Crippen molar-refractivity contribution in [1.29, 1.82) is 0 Å². The van der Waals surface area contributed by atoms with Crippen LogP contribution in [0.1, 0.15) is 21.5 Å². The number of carboxylic acids is 1. The minimum Gasteiger partial charge on any atom is -0.478 e. The fourth-order valence-electron chi connectivity index (χ4n) is 1.88. The number of carbonyl (C=O) groups is 1. The Labute approximate surface area is 116 Å². The van der Waals surface area contributed by atoms with E-state index in [9.17, 15) is 9.18 Å². The summed E-state index contributed by atoms with van der Waals surface area (Å²) in [6, 6.07) is 9.39. The number of hydrogen-bond acceptors (Lipinski definition) is 3. The Morgan fingerprint density at radius 1 is 1.30 bits per heavy atom. The summed E-state index contributed by atoms with van der Waals surface area (Å²) < 4.78 is 12.8. The summed E-state index contributed by atoms with van der Waals surface area (Å²) in [4.78, 5) is 11.1. The first-order valence-corrected chi connectivity index (χ1v) is 6.09. The molecule has 0 heterocycles. The van der Waals surface area contributed by atoms with Crippen LogP contribution in [0.25, 0.3) is 0 Å². The van der Waals surface area contributed by atoms with Gasteiger partial charge in [0.15, 0.2) is 0 Å². The van der Waals surface area contributed by atoms with E-state index >= 15 is 0 Å². The van der Waals surface area contributed by atoms with Crippen molar-refractivity contribution in [2.75, 3.05) is 11.1 Å². The molecule has 104 valence electrons. The topological polar surface area (TPSA) is 75.3 Å². The molecule has 4 N–H and O–H groups in total. The van der Waals surface area contributed by atoms with Gasteiger partial charge in [0.1, 0.15) is 5.82 Å². The minimum atomic E-state index is -1.06. The lowest BCUT2D eigenvalue weighted by molar-refractivity contribution is 0.0698. The normalized spacial score (nSPS) is 10.3. The van der Waals surface area contributed by atoms with Gasteiger partial charge < -0.3 is 16.2 Å². The van der Waals surface area contributed by atoms with E-state index in [0.717, 1.165) is 5.56 Å². The predicted octanol–water partition coefficient (Wildman–Crippen LogP) is 3.03. The molecular weight excluding hydrogens is 259 g/mol. The molecule has 0 saturated carbocycles. The van der Waals surface area contributed by atoms with Gasteiger partial charge in [0.2, 0.25) is 0 Å². The fraction of sp³-hybridized carbons (Fsp3) is 0.133. The highest BCUT2D eigenvalue weighted by Gasteiger charge is 2.11. The number of hydrogen-bond donors (Lipinski definition) is 3. The molecule has 0 fully saturated rings. The highest BCUT2D eigenvalue weighted by molar-refractivity contribution is 5.95. The van der Waals surface area contributed by atoms with Gasteiger partial charge in [0.05, 0.1) is 5.56 Å². The molecule has 2 aromatic rings. The van der Waals surface area contributed by atoms with Gasteiger partial charge in [-0.25, -0.2) is 9.18 Å². The van der Waals surface area contributed by atoms with Crippen LogP contribution < -0.4 is 11.1 Å². The number of rotatable bonds is 4. The van der Waals surface area contributed by atoms with E-state index in [1.54, 1.807) is 25.1 Å². The third kappa shape index (κ3) is 3.06. The van der Waals surface area contributed by atoms with E-state index in [2.05, 4.69) is 5.32 Å². The molecule has 0 saturated heterocycles. The Kier molecular flexibility index (Phi) is 3.89. The van der Waals surface area contributed by atoms with Crippen LogP contribution in [0.15, 0.2) is 36.4 Å². The van der Waals surface area contributed by atoms with Crippen molar-refractivity contribution in [2.45, 2.75) is 13.5 Å². The largest absolute Gasteiger partial charge is 0.478 e. The van der Waals surface area contributed by atoms with Crippen LogP contribution in [-0.2, 0) is 6.54 Å². The second-order valence-corrected chi connectivity index (χ2v) is 4.54. The predicted molar refractivity (Wildman–Crippen MR) is 76.3 cm³/mol. The van der Waals surface area contributed by atoms with Crippen LogP contribution in [0.5, 0.6) is 0 Å². The Bertz CT molecular complexity index is 639. The van der Waals surface area contributed by atoms with Gasteiger partial charge in [0.25, 0.3) is 0 Å². The first-order valence-electron chi connectivity index (χ1n) is 6.09. The van der Waals surface area contributed by atoms with Crippen LogP contribution in [-0.4, -0.2) is 11.1 Å².